The van der Waals surface area contributed by atoms with Crippen LogP contribution in [0, 0.1) is 5.92 Å². The molecule has 1 saturated carbocycles. The van der Waals surface area contributed by atoms with E-state index in [1.54, 1.807) is 0 Å². The maximum Gasteiger partial charge on any atom is 0.223 e. The van der Waals surface area contributed by atoms with E-state index in [9.17, 15) is 4.79 Å². The Hall–Kier alpha value is -1.59. The average molecular weight is 360 g/mol. The van der Waals surface area contributed by atoms with Crippen LogP contribution >= 0.6 is 0 Å². The quantitative estimate of drug-likeness (QED) is 0.848. The van der Waals surface area contributed by atoms with Gasteiger partial charge in [0.25, 0.3) is 0 Å². The SMILES string of the molecule is CN(C)c1ccc(C(CNC(=O)C2CCCCC2)N2CCOCC2)cc1. The molecule has 1 amide bonds. The summed E-state index contributed by atoms with van der Waals surface area (Å²) in [6.07, 6.45) is 5.75. The maximum atomic E-state index is 12.6. The van der Waals surface area contributed by atoms with Crippen LogP contribution in [0.3, 0.4) is 0 Å². The fourth-order valence-corrected chi connectivity index (χ4v) is 4.05. The van der Waals surface area contributed by atoms with Gasteiger partial charge in [-0.15, -0.1) is 0 Å². The number of benzene rings is 1. The van der Waals surface area contributed by atoms with Crippen LogP contribution in [0.5, 0.6) is 0 Å². The van der Waals surface area contributed by atoms with Gasteiger partial charge < -0.3 is 15.0 Å². The van der Waals surface area contributed by atoms with Crippen molar-refractivity contribution in [1.82, 2.24) is 10.2 Å². The maximum absolute atomic E-state index is 12.6. The summed E-state index contributed by atoms with van der Waals surface area (Å²) < 4.78 is 5.52. The fourth-order valence-electron chi connectivity index (χ4n) is 4.05. The summed E-state index contributed by atoms with van der Waals surface area (Å²) in [5.74, 6) is 0.457. The van der Waals surface area contributed by atoms with E-state index in [1.807, 2.05) is 0 Å². The van der Waals surface area contributed by atoms with Gasteiger partial charge >= 0.3 is 0 Å². The number of rotatable bonds is 6. The number of morpholine rings is 1. The Morgan fingerprint density at radius 2 is 1.81 bits per heavy atom. The Morgan fingerprint density at radius 3 is 2.42 bits per heavy atom. The molecule has 1 unspecified atom stereocenters. The largest absolute Gasteiger partial charge is 0.379 e. The van der Waals surface area contributed by atoms with Gasteiger partial charge in [-0.25, -0.2) is 0 Å². The lowest BCUT2D eigenvalue weighted by atomic mass is 9.88. The molecule has 0 radical (unpaired) electrons. The smallest absolute Gasteiger partial charge is 0.223 e. The molecule has 0 aromatic heterocycles. The molecular formula is C21H33N3O2. The first-order valence-corrected chi connectivity index (χ1v) is 10.0. The number of carbonyl (C=O) groups is 1. The predicted octanol–water partition coefficient (Wildman–Crippen LogP) is 2.82. The van der Waals surface area contributed by atoms with Crippen LogP contribution in [-0.4, -0.2) is 57.8 Å². The molecule has 1 N–H and O–H groups in total. The number of amides is 1. The van der Waals surface area contributed by atoms with Crippen molar-refractivity contribution in [2.24, 2.45) is 5.92 Å². The van der Waals surface area contributed by atoms with E-state index in [0.717, 1.165) is 39.1 Å². The van der Waals surface area contributed by atoms with Gasteiger partial charge in [0.15, 0.2) is 0 Å². The van der Waals surface area contributed by atoms with Gasteiger partial charge in [0.05, 0.1) is 19.3 Å². The van der Waals surface area contributed by atoms with Gasteiger partial charge in [-0.2, -0.15) is 0 Å². The summed E-state index contributed by atoms with van der Waals surface area (Å²) in [4.78, 5) is 17.1. The molecule has 0 spiro atoms. The highest BCUT2D eigenvalue weighted by atomic mass is 16.5. The van der Waals surface area contributed by atoms with Crippen LogP contribution in [-0.2, 0) is 9.53 Å². The predicted molar refractivity (Wildman–Crippen MR) is 105 cm³/mol. The van der Waals surface area contributed by atoms with Crippen LogP contribution in [0.1, 0.15) is 43.7 Å². The zero-order chi connectivity index (χ0) is 18.4. The van der Waals surface area contributed by atoms with E-state index in [-0.39, 0.29) is 17.9 Å². The standard InChI is InChI=1S/C21H33N3O2/c1-23(2)19-10-8-17(9-11-19)20(24-12-14-26-15-13-24)16-22-21(25)18-6-4-3-5-7-18/h8-11,18,20H,3-7,12-16H2,1-2H3,(H,22,25). The van der Waals surface area contributed by atoms with Crippen molar-refractivity contribution in [1.29, 1.82) is 0 Å². The first-order valence-electron chi connectivity index (χ1n) is 10.0. The van der Waals surface area contributed by atoms with Gasteiger partial charge in [-0.1, -0.05) is 31.4 Å². The molecule has 2 fully saturated rings. The molecule has 5 heteroatoms. The second-order valence-electron chi connectivity index (χ2n) is 7.73. The molecule has 5 nitrogen and oxygen atoms in total. The Bertz CT molecular complexity index is 561. The zero-order valence-electron chi connectivity index (χ0n) is 16.2. The van der Waals surface area contributed by atoms with Crippen molar-refractivity contribution in [3.63, 3.8) is 0 Å². The van der Waals surface area contributed by atoms with E-state index < -0.39 is 0 Å². The van der Waals surface area contributed by atoms with E-state index in [4.69, 9.17) is 4.74 Å². The molecule has 26 heavy (non-hydrogen) atoms. The second-order valence-corrected chi connectivity index (χ2v) is 7.73. The molecule has 1 saturated heterocycles. The molecule has 3 rings (SSSR count). The Balaban J connectivity index is 1.67. The lowest BCUT2D eigenvalue weighted by molar-refractivity contribution is -0.126. The highest BCUT2D eigenvalue weighted by Gasteiger charge is 2.26. The highest BCUT2D eigenvalue weighted by Crippen LogP contribution is 2.26. The van der Waals surface area contributed by atoms with Crippen molar-refractivity contribution in [2.45, 2.75) is 38.1 Å². The van der Waals surface area contributed by atoms with Crippen LogP contribution < -0.4 is 10.2 Å². The molecule has 144 valence electrons. The third kappa shape index (κ3) is 4.98. The van der Waals surface area contributed by atoms with Gasteiger partial charge in [-0.05, 0) is 30.5 Å². The van der Waals surface area contributed by atoms with E-state index in [0.29, 0.717) is 6.54 Å². The highest BCUT2D eigenvalue weighted by molar-refractivity contribution is 5.78. The van der Waals surface area contributed by atoms with E-state index in [2.05, 4.69) is 53.5 Å². The summed E-state index contributed by atoms with van der Waals surface area (Å²) in [5, 5.41) is 3.25. The number of nitrogens with zero attached hydrogens (tertiary/aromatic N) is 2. The summed E-state index contributed by atoms with van der Waals surface area (Å²) >= 11 is 0. The van der Waals surface area contributed by atoms with E-state index >= 15 is 0 Å². The average Bonchev–Trinajstić information content (AvgIpc) is 2.70. The molecule has 0 bridgehead atoms. The fraction of sp³-hybridized carbons (Fsp3) is 0.667. The Kier molecular flexibility index (Phi) is 6.92. The van der Waals surface area contributed by atoms with Crippen molar-refractivity contribution >= 4 is 11.6 Å². The minimum absolute atomic E-state index is 0.211. The number of ether oxygens (including phenoxy) is 1. The van der Waals surface area contributed by atoms with E-state index in [1.165, 1.54) is 30.5 Å². The van der Waals surface area contributed by atoms with Crippen molar-refractivity contribution in [3.8, 4) is 0 Å². The molecule has 1 aromatic carbocycles. The van der Waals surface area contributed by atoms with Gasteiger partial charge in [0.1, 0.15) is 0 Å². The number of anilines is 1. The lowest BCUT2D eigenvalue weighted by Crippen LogP contribution is -2.44. The normalized spacial score (nSPS) is 20.5. The second kappa shape index (κ2) is 9.38. The summed E-state index contributed by atoms with van der Waals surface area (Å²) in [6, 6.07) is 8.92. The molecular weight excluding hydrogens is 326 g/mol. The first-order chi connectivity index (χ1) is 12.6. The third-order valence-corrected chi connectivity index (χ3v) is 5.73. The van der Waals surface area contributed by atoms with Crippen LogP contribution in [0.15, 0.2) is 24.3 Å². The van der Waals surface area contributed by atoms with Gasteiger partial charge in [0, 0.05) is 45.3 Å². The number of carbonyl (C=O) groups excluding carboxylic acids is 1. The van der Waals surface area contributed by atoms with Crippen LogP contribution in [0.2, 0.25) is 0 Å². The van der Waals surface area contributed by atoms with Crippen LogP contribution in [0.25, 0.3) is 0 Å². The Morgan fingerprint density at radius 1 is 1.15 bits per heavy atom. The molecule has 1 aromatic rings. The van der Waals surface area contributed by atoms with Crippen molar-refractivity contribution < 1.29 is 9.53 Å². The molecule has 1 heterocycles. The lowest BCUT2D eigenvalue weighted by Gasteiger charge is -2.35. The number of nitrogens with one attached hydrogen (secondary N) is 1. The zero-order valence-corrected chi connectivity index (χ0v) is 16.2. The summed E-state index contributed by atoms with van der Waals surface area (Å²) in [5.41, 5.74) is 2.46. The monoisotopic (exact) mass is 359 g/mol. The molecule has 1 atom stereocenters. The molecule has 1 aliphatic carbocycles. The van der Waals surface area contributed by atoms with Crippen molar-refractivity contribution in [3.05, 3.63) is 29.8 Å². The number of hydrogen-bond acceptors (Lipinski definition) is 4. The topological polar surface area (TPSA) is 44.8 Å². The summed E-state index contributed by atoms with van der Waals surface area (Å²) in [6.45, 7) is 4.04. The minimum Gasteiger partial charge on any atom is -0.379 e. The third-order valence-electron chi connectivity index (χ3n) is 5.73. The number of hydrogen-bond donors (Lipinski definition) is 1. The van der Waals surface area contributed by atoms with Gasteiger partial charge in [-0.3, -0.25) is 9.69 Å². The summed E-state index contributed by atoms with van der Waals surface area (Å²) in [7, 11) is 4.11. The van der Waals surface area contributed by atoms with Gasteiger partial charge in [0.2, 0.25) is 5.91 Å². The molecule has 1 aliphatic heterocycles. The van der Waals surface area contributed by atoms with Crippen molar-refractivity contribution in [2.75, 3.05) is 51.8 Å². The minimum atomic E-state index is 0.211. The Labute approximate surface area is 157 Å². The first kappa shape index (κ1) is 19.2. The molecule has 2 aliphatic rings. The van der Waals surface area contributed by atoms with Crippen LogP contribution in [0.4, 0.5) is 5.69 Å².